The number of alkyl halides is 5. The Bertz CT molecular complexity index is 631. The maximum Gasteiger partial charge on any atom is 0.501 e. The zero-order chi connectivity index (χ0) is 15.7. The fraction of sp³-hybridized carbons (Fsp3) is 0.222. The van der Waals surface area contributed by atoms with Crippen molar-refractivity contribution in [3.63, 3.8) is 0 Å². The van der Waals surface area contributed by atoms with Crippen LogP contribution in [0, 0.1) is 0 Å². The molecule has 0 aromatic heterocycles. The molecule has 1 amide bonds. The van der Waals surface area contributed by atoms with Crippen molar-refractivity contribution < 1.29 is 26.4 Å². The molecule has 0 atom stereocenters. The first-order valence-corrected chi connectivity index (χ1v) is 7.40. The van der Waals surface area contributed by atoms with Crippen molar-refractivity contribution in [2.45, 2.75) is 15.2 Å². The van der Waals surface area contributed by atoms with Crippen molar-refractivity contribution in [1.29, 1.82) is 0 Å². The Labute approximate surface area is 126 Å². The van der Waals surface area contributed by atoms with Crippen LogP contribution in [0.4, 0.5) is 18.9 Å². The molecular formula is C9H5Cl3F3NO3S. The summed E-state index contributed by atoms with van der Waals surface area (Å²) in [6.45, 7) is 0. The van der Waals surface area contributed by atoms with Gasteiger partial charge in [-0.25, -0.2) is 8.42 Å². The number of anilines is 1. The number of halogens is 6. The standard InChI is InChI=1S/C9H5Cl3F3NO3S/c10-5-3-4(16-8(17)7(11)12)1-2-6(5)20(18,19)9(13,14)15/h1-3,7H,(H,16,17). The highest BCUT2D eigenvalue weighted by Gasteiger charge is 2.47. The van der Waals surface area contributed by atoms with Crippen molar-refractivity contribution in [2.24, 2.45) is 0 Å². The SMILES string of the molecule is O=C(Nc1ccc(S(=O)(=O)C(F)(F)F)c(Cl)c1)C(Cl)Cl. The molecule has 1 rings (SSSR count). The van der Waals surface area contributed by atoms with Crippen LogP contribution in [0.2, 0.25) is 5.02 Å². The number of carbonyl (C=O) groups excluding carboxylic acids is 1. The number of sulfone groups is 1. The van der Waals surface area contributed by atoms with Crippen LogP contribution in [0.3, 0.4) is 0 Å². The molecule has 0 aliphatic rings. The Morgan fingerprint density at radius 2 is 1.80 bits per heavy atom. The first-order chi connectivity index (χ1) is 8.96. The first kappa shape index (κ1) is 17.4. The summed E-state index contributed by atoms with van der Waals surface area (Å²) in [5.41, 5.74) is -5.52. The number of benzene rings is 1. The van der Waals surface area contributed by atoms with E-state index in [0.717, 1.165) is 12.1 Å². The third-order valence-electron chi connectivity index (χ3n) is 1.99. The van der Waals surface area contributed by atoms with Crippen molar-refractivity contribution in [3.8, 4) is 0 Å². The lowest BCUT2D eigenvalue weighted by Crippen LogP contribution is -2.23. The molecule has 0 saturated heterocycles. The minimum Gasteiger partial charge on any atom is -0.324 e. The number of nitrogens with one attached hydrogen (secondary N) is 1. The molecule has 20 heavy (non-hydrogen) atoms. The summed E-state index contributed by atoms with van der Waals surface area (Å²) in [5, 5.41) is 1.44. The van der Waals surface area contributed by atoms with Crippen LogP contribution < -0.4 is 5.32 Å². The number of amides is 1. The highest BCUT2D eigenvalue weighted by atomic mass is 35.5. The summed E-state index contributed by atoms with van der Waals surface area (Å²) in [7, 11) is -5.57. The minimum atomic E-state index is -5.57. The third kappa shape index (κ3) is 3.69. The second-order valence-electron chi connectivity index (χ2n) is 3.38. The van der Waals surface area contributed by atoms with E-state index in [1.807, 2.05) is 0 Å². The van der Waals surface area contributed by atoms with Gasteiger partial charge in [0, 0.05) is 5.69 Å². The van der Waals surface area contributed by atoms with Gasteiger partial charge in [-0.05, 0) is 18.2 Å². The van der Waals surface area contributed by atoms with Gasteiger partial charge in [0.15, 0.2) is 4.84 Å². The van der Waals surface area contributed by atoms with Gasteiger partial charge in [0.2, 0.25) is 0 Å². The summed E-state index contributed by atoms with van der Waals surface area (Å²) < 4.78 is 59.4. The predicted octanol–water partition coefficient (Wildman–Crippen LogP) is 3.38. The Morgan fingerprint density at radius 3 is 2.20 bits per heavy atom. The third-order valence-corrected chi connectivity index (χ3v) is 4.36. The molecule has 112 valence electrons. The van der Waals surface area contributed by atoms with Gasteiger partial charge in [-0.2, -0.15) is 13.2 Å². The zero-order valence-electron chi connectivity index (χ0n) is 9.21. The largest absolute Gasteiger partial charge is 0.501 e. The lowest BCUT2D eigenvalue weighted by Gasteiger charge is -2.11. The number of carbonyl (C=O) groups is 1. The molecule has 4 nitrogen and oxygen atoms in total. The van der Waals surface area contributed by atoms with E-state index >= 15 is 0 Å². The normalized spacial score (nSPS) is 12.6. The summed E-state index contributed by atoms with van der Waals surface area (Å²) in [5.74, 6) is -0.837. The van der Waals surface area contributed by atoms with Gasteiger partial charge >= 0.3 is 5.51 Å². The van der Waals surface area contributed by atoms with Gasteiger partial charge in [0.1, 0.15) is 0 Å². The smallest absolute Gasteiger partial charge is 0.324 e. The lowest BCUT2D eigenvalue weighted by atomic mass is 10.3. The molecule has 0 spiro atoms. The molecule has 1 aromatic carbocycles. The van der Waals surface area contributed by atoms with E-state index in [1.54, 1.807) is 0 Å². The van der Waals surface area contributed by atoms with Crippen LogP contribution >= 0.6 is 34.8 Å². The maximum atomic E-state index is 12.4. The molecule has 0 aliphatic carbocycles. The fourth-order valence-electron chi connectivity index (χ4n) is 1.12. The lowest BCUT2D eigenvalue weighted by molar-refractivity contribution is -0.114. The van der Waals surface area contributed by atoms with E-state index in [1.165, 1.54) is 0 Å². The Morgan fingerprint density at radius 1 is 1.25 bits per heavy atom. The van der Waals surface area contributed by atoms with E-state index in [0.29, 0.717) is 6.07 Å². The Kier molecular flexibility index (Phi) is 5.18. The van der Waals surface area contributed by atoms with Gasteiger partial charge in [0.05, 0.1) is 9.92 Å². The average Bonchev–Trinajstić information content (AvgIpc) is 2.26. The molecule has 0 saturated carbocycles. The van der Waals surface area contributed by atoms with Gasteiger partial charge < -0.3 is 5.32 Å². The highest BCUT2D eigenvalue weighted by Crippen LogP contribution is 2.35. The monoisotopic (exact) mass is 369 g/mol. The predicted molar refractivity (Wildman–Crippen MR) is 68.8 cm³/mol. The minimum absolute atomic E-state index is 0.0487. The van der Waals surface area contributed by atoms with E-state index in [9.17, 15) is 26.4 Å². The molecular weight excluding hydrogens is 366 g/mol. The van der Waals surface area contributed by atoms with Crippen LogP contribution in [0.25, 0.3) is 0 Å². The Balaban J connectivity index is 3.16. The molecule has 11 heteroatoms. The number of hydrogen-bond donors (Lipinski definition) is 1. The van der Waals surface area contributed by atoms with Gasteiger partial charge in [0.25, 0.3) is 15.7 Å². The van der Waals surface area contributed by atoms with Crippen molar-refractivity contribution in [2.75, 3.05) is 5.32 Å². The van der Waals surface area contributed by atoms with Gasteiger partial charge in [-0.3, -0.25) is 4.79 Å². The second-order valence-corrected chi connectivity index (χ2v) is 6.80. The second kappa shape index (κ2) is 5.97. The van der Waals surface area contributed by atoms with Crippen LogP contribution in [0.5, 0.6) is 0 Å². The molecule has 0 unspecified atom stereocenters. The summed E-state index contributed by atoms with van der Waals surface area (Å²) in [6, 6.07) is 2.39. The van der Waals surface area contributed by atoms with Crippen LogP contribution in [0.15, 0.2) is 23.1 Å². The Hall–Kier alpha value is -0.700. The topological polar surface area (TPSA) is 63.2 Å². The number of rotatable bonds is 3. The fourth-order valence-corrected chi connectivity index (χ4v) is 2.52. The van der Waals surface area contributed by atoms with Gasteiger partial charge in [-0.1, -0.05) is 34.8 Å². The van der Waals surface area contributed by atoms with Gasteiger partial charge in [-0.15, -0.1) is 0 Å². The van der Waals surface area contributed by atoms with Crippen molar-refractivity contribution >= 4 is 56.2 Å². The molecule has 1 N–H and O–H groups in total. The van der Waals surface area contributed by atoms with Crippen molar-refractivity contribution in [1.82, 2.24) is 0 Å². The van der Waals surface area contributed by atoms with E-state index < -0.39 is 36.0 Å². The van der Waals surface area contributed by atoms with Crippen LogP contribution in [-0.2, 0) is 14.6 Å². The molecule has 1 aromatic rings. The maximum absolute atomic E-state index is 12.4. The first-order valence-electron chi connectivity index (χ1n) is 4.66. The van der Waals surface area contributed by atoms with Crippen LogP contribution in [0.1, 0.15) is 0 Å². The molecule has 0 bridgehead atoms. The number of hydrogen-bond acceptors (Lipinski definition) is 3. The van der Waals surface area contributed by atoms with Crippen molar-refractivity contribution in [3.05, 3.63) is 23.2 Å². The zero-order valence-corrected chi connectivity index (χ0v) is 12.3. The molecule has 0 radical (unpaired) electrons. The summed E-state index contributed by atoms with van der Waals surface area (Å²) in [4.78, 5) is 8.64. The van der Waals surface area contributed by atoms with E-state index in [-0.39, 0.29) is 5.69 Å². The average molecular weight is 371 g/mol. The molecule has 0 aliphatic heterocycles. The quantitative estimate of drug-likeness (QED) is 0.830. The van der Waals surface area contributed by atoms with E-state index in [4.69, 9.17) is 34.8 Å². The van der Waals surface area contributed by atoms with E-state index in [2.05, 4.69) is 5.32 Å². The summed E-state index contributed by atoms with van der Waals surface area (Å²) >= 11 is 16.0. The molecule has 0 heterocycles. The molecule has 0 fully saturated rings. The van der Waals surface area contributed by atoms with Crippen LogP contribution in [-0.4, -0.2) is 24.7 Å². The summed E-state index contributed by atoms with van der Waals surface area (Å²) in [6.07, 6.45) is 0. The highest BCUT2D eigenvalue weighted by molar-refractivity contribution is 7.92.